The van der Waals surface area contributed by atoms with Crippen LogP contribution in [0.4, 0.5) is 14.9 Å². The Morgan fingerprint density at radius 2 is 1.92 bits per heavy atom. The molecule has 5 heteroatoms. The molecule has 0 spiro atoms. The first-order valence-corrected chi connectivity index (χ1v) is 9.11. The molecule has 0 bridgehead atoms. The Bertz CT molecular complexity index is 772. The van der Waals surface area contributed by atoms with Gasteiger partial charge >= 0.3 is 6.03 Å². The SMILES string of the molecule is Cc1cc(CNC(=O)N(C)Cc2ccccc2N2CCCC2)ccc1F. The topological polar surface area (TPSA) is 35.6 Å². The fourth-order valence-corrected chi connectivity index (χ4v) is 3.37. The van der Waals surface area contributed by atoms with Crippen LogP contribution in [0, 0.1) is 12.7 Å². The molecule has 0 aliphatic carbocycles. The minimum atomic E-state index is -0.226. The first-order chi connectivity index (χ1) is 12.5. The summed E-state index contributed by atoms with van der Waals surface area (Å²) in [6.07, 6.45) is 2.45. The van der Waals surface area contributed by atoms with E-state index in [-0.39, 0.29) is 11.8 Å². The smallest absolute Gasteiger partial charge is 0.317 e. The molecule has 0 aromatic heterocycles. The average molecular weight is 355 g/mol. The summed E-state index contributed by atoms with van der Waals surface area (Å²) in [4.78, 5) is 16.5. The number of halogens is 1. The second-order valence-corrected chi connectivity index (χ2v) is 6.92. The number of urea groups is 1. The van der Waals surface area contributed by atoms with E-state index < -0.39 is 0 Å². The maximum absolute atomic E-state index is 13.3. The van der Waals surface area contributed by atoms with Crippen molar-refractivity contribution in [3.8, 4) is 0 Å². The highest BCUT2D eigenvalue weighted by molar-refractivity contribution is 5.74. The normalized spacial score (nSPS) is 13.7. The van der Waals surface area contributed by atoms with Crippen LogP contribution in [0.25, 0.3) is 0 Å². The maximum Gasteiger partial charge on any atom is 0.317 e. The van der Waals surface area contributed by atoms with Crippen LogP contribution in [0.15, 0.2) is 42.5 Å². The summed E-state index contributed by atoms with van der Waals surface area (Å²) >= 11 is 0. The average Bonchev–Trinajstić information content (AvgIpc) is 3.17. The molecule has 2 amide bonds. The molecule has 1 aliphatic heterocycles. The van der Waals surface area contributed by atoms with Gasteiger partial charge < -0.3 is 15.1 Å². The summed E-state index contributed by atoms with van der Waals surface area (Å²) in [7, 11) is 1.80. The van der Waals surface area contributed by atoms with Gasteiger partial charge in [-0.05, 0) is 48.6 Å². The number of nitrogens with one attached hydrogen (secondary N) is 1. The van der Waals surface area contributed by atoms with E-state index in [4.69, 9.17) is 0 Å². The number of benzene rings is 2. The number of hydrogen-bond acceptors (Lipinski definition) is 2. The highest BCUT2D eigenvalue weighted by atomic mass is 19.1. The fourth-order valence-electron chi connectivity index (χ4n) is 3.37. The van der Waals surface area contributed by atoms with Gasteiger partial charge in [0.15, 0.2) is 0 Å². The van der Waals surface area contributed by atoms with E-state index in [0.29, 0.717) is 18.7 Å². The predicted molar refractivity (Wildman–Crippen MR) is 103 cm³/mol. The summed E-state index contributed by atoms with van der Waals surface area (Å²) < 4.78 is 13.3. The molecule has 4 nitrogen and oxygen atoms in total. The van der Waals surface area contributed by atoms with Crippen LogP contribution in [0.5, 0.6) is 0 Å². The van der Waals surface area contributed by atoms with E-state index in [1.807, 2.05) is 12.1 Å². The zero-order valence-electron chi connectivity index (χ0n) is 15.5. The Balaban J connectivity index is 1.60. The molecule has 0 atom stereocenters. The largest absolute Gasteiger partial charge is 0.371 e. The summed E-state index contributed by atoms with van der Waals surface area (Å²) in [5.74, 6) is -0.226. The summed E-state index contributed by atoms with van der Waals surface area (Å²) in [5, 5.41) is 2.91. The summed E-state index contributed by atoms with van der Waals surface area (Å²) in [6.45, 7) is 4.83. The number of amides is 2. The van der Waals surface area contributed by atoms with Crippen LogP contribution in [-0.4, -0.2) is 31.1 Å². The van der Waals surface area contributed by atoms with Gasteiger partial charge in [-0.25, -0.2) is 9.18 Å². The van der Waals surface area contributed by atoms with Gasteiger partial charge in [-0.1, -0.05) is 30.3 Å². The number of carbonyl (C=O) groups is 1. The fraction of sp³-hybridized carbons (Fsp3) is 0.381. The van der Waals surface area contributed by atoms with E-state index >= 15 is 0 Å². The van der Waals surface area contributed by atoms with Crippen molar-refractivity contribution in [2.24, 2.45) is 0 Å². The number of aryl methyl sites for hydroxylation is 1. The molecule has 3 rings (SSSR count). The lowest BCUT2D eigenvalue weighted by Gasteiger charge is -2.24. The van der Waals surface area contributed by atoms with E-state index in [1.54, 1.807) is 31.0 Å². The molecule has 2 aromatic rings. The second-order valence-electron chi connectivity index (χ2n) is 6.92. The minimum Gasteiger partial charge on any atom is -0.371 e. The minimum absolute atomic E-state index is 0.136. The Hall–Kier alpha value is -2.56. The Labute approximate surface area is 154 Å². The molecule has 1 fully saturated rings. The lowest BCUT2D eigenvalue weighted by Crippen LogP contribution is -2.36. The lowest BCUT2D eigenvalue weighted by atomic mass is 10.1. The van der Waals surface area contributed by atoms with Crippen LogP contribution in [-0.2, 0) is 13.1 Å². The number of carbonyl (C=O) groups excluding carboxylic acids is 1. The van der Waals surface area contributed by atoms with Crippen molar-refractivity contribution in [3.63, 3.8) is 0 Å². The van der Waals surface area contributed by atoms with Crippen LogP contribution >= 0.6 is 0 Å². The van der Waals surface area contributed by atoms with Gasteiger partial charge in [0.25, 0.3) is 0 Å². The summed E-state index contributed by atoms with van der Waals surface area (Å²) in [5.41, 5.74) is 3.86. The standard InChI is InChI=1S/C21H26FN3O/c1-16-13-17(9-10-19(16)22)14-23-21(26)24(2)15-18-7-3-4-8-20(18)25-11-5-6-12-25/h3-4,7-10,13H,5-6,11-12,14-15H2,1-2H3,(H,23,26). The second kappa shape index (κ2) is 8.21. The molecule has 2 aromatic carbocycles. The van der Waals surface area contributed by atoms with Crippen molar-refractivity contribution >= 4 is 11.7 Å². The van der Waals surface area contributed by atoms with Gasteiger partial charge in [-0.2, -0.15) is 0 Å². The van der Waals surface area contributed by atoms with Crippen molar-refractivity contribution in [1.82, 2.24) is 10.2 Å². The third kappa shape index (κ3) is 4.34. The van der Waals surface area contributed by atoms with E-state index in [1.165, 1.54) is 24.6 Å². The monoisotopic (exact) mass is 355 g/mol. The van der Waals surface area contributed by atoms with Crippen molar-refractivity contribution in [1.29, 1.82) is 0 Å². The van der Waals surface area contributed by atoms with E-state index in [2.05, 4.69) is 22.3 Å². The Morgan fingerprint density at radius 3 is 2.65 bits per heavy atom. The van der Waals surface area contributed by atoms with Crippen molar-refractivity contribution in [2.75, 3.05) is 25.0 Å². The molecule has 26 heavy (non-hydrogen) atoms. The number of hydrogen-bond donors (Lipinski definition) is 1. The van der Waals surface area contributed by atoms with Crippen LogP contribution in [0.2, 0.25) is 0 Å². The first kappa shape index (κ1) is 18.2. The van der Waals surface area contributed by atoms with E-state index in [9.17, 15) is 9.18 Å². The highest BCUT2D eigenvalue weighted by Gasteiger charge is 2.17. The lowest BCUT2D eigenvalue weighted by molar-refractivity contribution is 0.206. The molecule has 0 radical (unpaired) electrons. The van der Waals surface area contributed by atoms with Crippen LogP contribution in [0.3, 0.4) is 0 Å². The number of nitrogens with zero attached hydrogens (tertiary/aromatic N) is 2. The summed E-state index contributed by atoms with van der Waals surface area (Å²) in [6, 6.07) is 13.0. The van der Waals surface area contributed by atoms with Gasteiger partial charge in [0.05, 0.1) is 0 Å². The molecule has 1 saturated heterocycles. The van der Waals surface area contributed by atoms with Crippen molar-refractivity contribution in [3.05, 3.63) is 65.0 Å². The molecule has 138 valence electrons. The Morgan fingerprint density at radius 1 is 1.19 bits per heavy atom. The molecular formula is C21H26FN3O. The van der Waals surface area contributed by atoms with Crippen LogP contribution in [0.1, 0.15) is 29.5 Å². The molecule has 1 aliphatic rings. The van der Waals surface area contributed by atoms with Crippen LogP contribution < -0.4 is 10.2 Å². The van der Waals surface area contributed by atoms with Crippen molar-refractivity contribution < 1.29 is 9.18 Å². The molecular weight excluding hydrogens is 329 g/mol. The molecule has 1 heterocycles. The maximum atomic E-state index is 13.3. The Kier molecular flexibility index (Phi) is 5.76. The first-order valence-electron chi connectivity index (χ1n) is 9.11. The highest BCUT2D eigenvalue weighted by Crippen LogP contribution is 2.25. The van der Waals surface area contributed by atoms with Gasteiger partial charge in [-0.15, -0.1) is 0 Å². The van der Waals surface area contributed by atoms with Crippen molar-refractivity contribution in [2.45, 2.75) is 32.9 Å². The number of rotatable bonds is 5. The molecule has 0 unspecified atom stereocenters. The third-order valence-electron chi connectivity index (χ3n) is 4.86. The number of anilines is 1. The van der Waals surface area contributed by atoms with Gasteiger partial charge in [0, 0.05) is 38.9 Å². The number of para-hydroxylation sites is 1. The third-order valence-corrected chi connectivity index (χ3v) is 4.86. The molecule has 0 saturated carbocycles. The van der Waals surface area contributed by atoms with Gasteiger partial charge in [0.1, 0.15) is 5.82 Å². The zero-order valence-corrected chi connectivity index (χ0v) is 15.5. The predicted octanol–water partition coefficient (Wildman–Crippen LogP) is 4.08. The van der Waals surface area contributed by atoms with E-state index in [0.717, 1.165) is 24.2 Å². The van der Waals surface area contributed by atoms with Gasteiger partial charge in [-0.3, -0.25) is 0 Å². The quantitative estimate of drug-likeness (QED) is 0.877. The zero-order chi connectivity index (χ0) is 18.5. The molecule has 1 N–H and O–H groups in total. The van der Waals surface area contributed by atoms with Gasteiger partial charge in [0.2, 0.25) is 0 Å².